The predicted octanol–water partition coefficient (Wildman–Crippen LogP) is 3.84. The van der Waals surface area contributed by atoms with Crippen LogP contribution in [0.25, 0.3) is 0 Å². The molecule has 0 nitrogen and oxygen atoms in total. The summed E-state index contributed by atoms with van der Waals surface area (Å²) < 4.78 is 0. The standard InChI is InChI=1S/C13H18/c1-2-4-11(5-3-1)13-9-10-6-7-12(13)8-10/h2,4,10-11H,1,3,5-9H2. The SMILES string of the molecule is C1=CC(C2=C3CCC(C3)C2)CCC1. The molecule has 0 N–H and O–H groups in total. The second kappa shape index (κ2) is 3.01. The molecular weight excluding hydrogens is 156 g/mol. The molecule has 2 bridgehead atoms. The van der Waals surface area contributed by atoms with Gasteiger partial charge in [0.2, 0.25) is 0 Å². The van der Waals surface area contributed by atoms with Crippen molar-refractivity contribution in [3.8, 4) is 0 Å². The van der Waals surface area contributed by atoms with Gasteiger partial charge in [0.15, 0.2) is 0 Å². The van der Waals surface area contributed by atoms with Crippen molar-refractivity contribution < 1.29 is 0 Å². The molecule has 3 aliphatic rings. The van der Waals surface area contributed by atoms with Crippen LogP contribution in [-0.2, 0) is 0 Å². The first-order valence-electron chi connectivity index (χ1n) is 5.81. The van der Waals surface area contributed by atoms with Crippen LogP contribution in [-0.4, -0.2) is 0 Å². The van der Waals surface area contributed by atoms with Crippen LogP contribution < -0.4 is 0 Å². The maximum Gasteiger partial charge on any atom is -0.00204 e. The first-order chi connectivity index (χ1) is 6.43. The van der Waals surface area contributed by atoms with E-state index in [0.29, 0.717) is 0 Å². The zero-order valence-corrected chi connectivity index (χ0v) is 8.26. The van der Waals surface area contributed by atoms with E-state index in [4.69, 9.17) is 0 Å². The van der Waals surface area contributed by atoms with Gasteiger partial charge in [-0.1, -0.05) is 23.3 Å². The van der Waals surface area contributed by atoms with Gasteiger partial charge in [0.1, 0.15) is 0 Å². The highest BCUT2D eigenvalue weighted by Crippen LogP contribution is 2.48. The van der Waals surface area contributed by atoms with Crippen molar-refractivity contribution in [2.24, 2.45) is 11.8 Å². The molecule has 0 aromatic rings. The molecule has 0 amide bonds. The Hall–Kier alpha value is -0.520. The van der Waals surface area contributed by atoms with Crippen LogP contribution in [0.15, 0.2) is 23.3 Å². The summed E-state index contributed by atoms with van der Waals surface area (Å²) in [5, 5.41) is 0. The third kappa shape index (κ3) is 1.27. The molecule has 0 spiro atoms. The quantitative estimate of drug-likeness (QED) is 0.530. The van der Waals surface area contributed by atoms with E-state index in [1.165, 1.54) is 44.9 Å². The normalized spacial score (nSPS) is 37.5. The molecule has 0 heteroatoms. The van der Waals surface area contributed by atoms with Crippen LogP contribution >= 0.6 is 0 Å². The number of hydrogen-bond donors (Lipinski definition) is 0. The monoisotopic (exact) mass is 174 g/mol. The maximum absolute atomic E-state index is 2.48. The lowest BCUT2D eigenvalue weighted by molar-refractivity contribution is 0.512. The van der Waals surface area contributed by atoms with Crippen molar-refractivity contribution in [3.05, 3.63) is 23.3 Å². The highest BCUT2D eigenvalue weighted by atomic mass is 14.4. The highest BCUT2D eigenvalue weighted by molar-refractivity contribution is 5.30. The molecular formula is C13H18. The van der Waals surface area contributed by atoms with E-state index in [-0.39, 0.29) is 0 Å². The van der Waals surface area contributed by atoms with Gasteiger partial charge < -0.3 is 0 Å². The van der Waals surface area contributed by atoms with Crippen LogP contribution in [0.5, 0.6) is 0 Å². The maximum atomic E-state index is 2.48. The van der Waals surface area contributed by atoms with Crippen molar-refractivity contribution in [1.82, 2.24) is 0 Å². The van der Waals surface area contributed by atoms with E-state index in [1.807, 2.05) is 11.1 Å². The Balaban J connectivity index is 1.85. The molecule has 2 unspecified atom stereocenters. The fourth-order valence-electron chi connectivity index (χ4n) is 3.37. The third-order valence-corrected chi connectivity index (χ3v) is 4.05. The van der Waals surface area contributed by atoms with Crippen LogP contribution in [0.1, 0.15) is 44.9 Å². The Morgan fingerprint density at radius 3 is 2.77 bits per heavy atom. The lowest BCUT2D eigenvalue weighted by Gasteiger charge is -2.22. The minimum Gasteiger partial charge on any atom is -0.0879 e. The minimum atomic E-state index is 0.856. The summed E-state index contributed by atoms with van der Waals surface area (Å²) >= 11 is 0. The van der Waals surface area contributed by atoms with Crippen molar-refractivity contribution in [1.29, 1.82) is 0 Å². The van der Waals surface area contributed by atoms with Gasteiger partial charge in [-0.25, -0.2) is 0 Å². The van der Waals surface area contributed by atoms with E-state index in [2.05, 4.69) is 12.2 Å². The van der Waals surface area contributed by atoms with Gasteiger partial charge in [-0.3, -0.25) is 0 Å². The number of fused-ring (bicyclic) bond motifs is 2. The van der Waals surface area contributed by atoms with Crippen LogP contribution in [0.3, 0.4) is 0 Å². The van der Waals surface area contributed by atoms with Gasteiger partial charge in [0, 0.05) is 0 Å². The Morgan fingerprint density at radius 2 is 2.15 bits per heavy atom. The van der Waals surface area contributed by atoms with E-state index in [1.54, 1.807) is 0 Å². The molecule has 0 aromatic carbocycles. The Morgan fingerprint density at radius 1 is 1.15 bits per heavy atom. The summed E-state index contributed by atoms with van der Waals surface area (Å²) in [5.41, 5.74) is 3.70. The predicted molar refractivity (Wildman–Crippen MR) is 55.5 cm³/mol. The molecule has 3 aliphatic carbocycles. The van der Waals surface area contributed by atoms with Crippen LogP contribution in [0.4, 0.5) is 0 Å². The molecule has 3 rings (SSSR count). The lowest BCUT2D eigenvalue weighted by Crippen LogP contribution is -2.07. The fraction of sp³-hybridized carbons (Fsp3) is 0.692. The highest BCUT2D eigenvalue weighted by Gasteiger charge is 2.32. The second-order valence-corrected chi connectivity index (χ2v) is 4.91. The Bertz CT molecular complexity index is 270. The summed E-state index contributed by atoms with van der Waals surface area (Å²) in [6.07, 6.45) is 14.9. The van der Waals surface area contributed by atoms with E-state index in [0.717, 1.165) is 11.8 Å². The van der Waals surface area contributed by atoms with Gasteiger partial charge >= 0.3 is 0 Å². The summed E-state index contributed by atoms with van der Waals surface area (Å²) in [4.78, 5) is 0. The van der Waals surface area contributed by atoms with Crippen LogP contribution in [0, 0.1) is 11.8 Å². The molecule has 1 saturated carbocycles. The van der Waals surface area contributed by atoms with Gasteiger partial charge in [-0.15, -0.1) is 0 Å². The largest absolute Gasteiger partial charge is 0.0879 e. The van der Waals surface area contributed by atoms with Crippen molar-refractivity contribution >= 4 is 0 Å². The van der Waals surface area contributed by atoms with E-state index in [9.17, 15) is 0 Å². The zero-order valence-electron chi connectivity index (χ0n) is 8.26. The summed E-state index contributed by atoms with van der Waals surface area (Å²) in [6.45, 7) is 0. The average Bonchev–Trinajstić information content (AvgIpc) is 2.80. The molecule has 0 saturated heterocycles. The molecule has 0 aliphatic heterocycles. The number of rotatable bonds is 1. The van der Waals surface area contributed by atoms with Crippen LogP contribution in [0.2, 0.25) is 0 Å². The third-order valence-electron chi connectivity index (χ3n) is 4.05. The number of allylic oxidation sites excluding steroid dienone is 4. The molecule has 0 heterocycles. The fourth-order valence-corrected chi connectivity index (χ4v) is 3.37. The van der Waals surface area contributed by atoms with Crippen molar-refractivity contribution in [3.63, 3.8) is 0 Å². The minimum absolute atomic E-state index is 0.856. The average molecular weight is 174 g/mol. The van der Waals surface area contributed by atoms with Gasteiger partial charge in [0.05, 0.1) is 0 Å². The molecule has 2 atom stereocenters. The Kier molecular flexibility index (Phi) is 1.81. The molecule has 70 valence electrons. The van der Waals surface area contributed by atoms with E-state index < -0.39 is 0 Å². The second-order valence-electron chi connectivity index (χ2n) is 4.91. The van der Waals surface area contributed by atoms with Crippen molar-refractivity contribution in [2.75, 3.05) is 0 Å². The smallest absolute Gasteiger partial charge is 0.00204 e. The van der Waals surface area contributed by atoms with Gasteiger partial charge in [-0.05, 0) is 56.8 Å². The van der Waals surface area contributed by atoms with Crippen molar-refractivity contribution in [2.45, 2.75) is 44.9 Å². The van der Waals surface area contributed by atoms with E-state index >= 15 is 0 Å². The van der Waals surface area contributed by atoms with Gasteiger partial charge in [-0.2, -0.15) is 0 Å². The topological polar surface area (TPSA) is 0 Å². The summed E-state index contributed by atoms with van der Waals surface area (Å²) in [6, 6.07) is 0. The summed E-state index contributed by atoms with van der Waals surface area (Å²) in [5.74, 6) is 1.91. The van der Waals surface area contributed by atoms with Gasteiger partial charge in [0.25, 0.3) is 0 Å². The Labute approximate surface area is 80.7 Å². The molecule has 0 aromatic heterocycles. The molecule has 0 radical (unpaired) electrons. The first kappa shape index (κ1) is 7.84. The number of hydrogen-bond acceptors (Lipinski definition) is 0. The lowest BCUT2D eigenvalue weighted by atomic mass is 9.83. The summed E-state index contributed by atoms with van der Waals surface area (Å²) in [7, 11) is 0. The first-order valence-corrected chi connectivity index (χ1v) is 5.81. The molecule has 1 fully saturated rings. The molecule has 13 heavy (non-hydrogen) atoms. The zero-order chi connectivity index (χ0) is 8.67.